The molecule has 2 aromatic rings. The number of hydrogen-bond donors (Lipinski definition) is 1. The van der Waals surface area contributed by atoms with E-state index >= 15 is 0 Å². The molecule has 0 aliphatic rings. The van der Waals surface area contributed by atoms with Crippen molar-refractivity contribution in [2.45, 2.75) is 19.9 Å². The maximum absolute atomic E-state index is 13.2. The summed E-state index contributed by atoms with van der Waals surface area (Å²) in [6.45, 7) is 4.77. The van der Waals surface area contributed by atoms with Gasteiger partial charge in [-0.3, -0.25) is 0 Å². The van der Waals surface area contributed by atoms with E-state index in [1.54, 1.807) is 6.07 Å². The van der Waals surface area contributed by atoms with E-state index in [9.17, 15) is 4.39 Å². The number of hydrogen-bond acceptors (Lipinski definition) is 1. The predicted octanol–water partition coefficient (Wildman–Crippen LogP) is 4.49. The fraction of sp³-hybridized carbons (Fsp3) is 0.250. The summed E-state index contributed by atoms with van der Waals surface area (Å²) in [6, 6.07) is 12.6. The van der Waals surface area contributed by atoms with E-state index in [4.69, 9.17) is 11.6 Å². The Labute approximate surface area is 118 Å². The highest BCUT2D eigenvalue weighted by Gasteiger charge is 2.17. The summed E-state index contributed by atoms with van der Waals surface area (Å²) >= 11 is 6.27. The highest BCUT2D eigenvalue weighted by molar-refractivity contribution is 6.31. The van der Waals surface area contributed by atoms with Gasteiger partial charge in [-0.2, -0.15) is 0 Å². The van der Waals surface area contributed by atoms with E-state index in [-0.39, 0.29) is 11.9 Å². The average Bonchev–Trinajstić information content (AvgIpc) is 2.38. The van der Waals surface area contributed by atoms with Gasteiger partial charge in [0.25, 0.3) is 0 Å². The van der Waals surface area contributed by atoms with Gasteiger partial charge in [0.1, 0.15) is 5.82 Å². The molecule has 0 amide bonds. The first-order chi connectivity index (χ1) is 9.13. The van der Waals surface area contributed by atoms with Crippen LogP contribution < -0.4 is 5.32 Å². The molecule has 0 bridgehead atoms. The normalized spacial score (nSPS) is 12.4. The minimum atomic E-state index is -0.212. The molecule has 0 saturated carbocycles. The summed E-state index contributed by atoms with van der Waals surface area (Å²) in [5, 5.41) is 4.13. The molecule has 0 spiro atoms. The Bertz CT molecular complexity index is 568. The van der Waals surface area contributed by atoms with E-state index in [1.807, 2.05) is 44.2 Å². The van der Waals surface area contributed by atoms with Crippen LogP contribution in [0.15, 0.2) is 42.5 Å². The van der Waals surface area contributed by atoms with Crippen LogP contribution in [0.25, 0.3) is 0 Å². The predicted molar refractivity (Wildman–Crippen MR) is 78.1 cm³/mol. The quantitative estimate of drug-likeness (QED) is 0.868. The minimum Gasteiger partial charge on any atom is -0.306 e. The SMILES string of the molecule is CCNC(c1ccc(F)cc1C)c1ccccc1Cl. The molecule has 0 aromatic heterocycles. The number of benzene rings is 2. The van der Waals surface area contributed by atoms with Gasteiger partial charge in [0.2, 0.25) is 0 Å². The lowest BCUT2D eigenvalue weighted by molar-refractivity contribution is 0.610. The number of rotatable bonds is 4. The van der Waals surface area contributed by atoms with Crippen LogP contribution in [-0.2, 0) is 0 Å². The van der Waals surface area contributed by atoms with Crippen molar-refractivity contribution in [1.82, 2.24) is 5.32 Å². The minimum absolute atomic E-state index is 0.0145. The lowest BCUT2D eigenvalue weighted by atomic mass is 9.95. The molecule has 2 aromatic carbocycles. The van der Waals surface area contributed by atoms with Crippen molar-refractivity contribution in [3.8, 4) is 0 Å². The fourth-order valence-corrected chi connectivity index (χ4v) is 2.51. The largest absolute Gasteiger partial charge is 0.306 e. The van der Waals surface area contributed by atoms with Crippen LogP contribution >= 0.6 is 11.6 Å². The van der Waals surface area contributed by atoms with Crippen LogP contribution in [0.2, 0.25) is 5.02 Å². The van der Waals surface area contributed by atoms with Gasteiger partial charge < -0.3 is 5.32 Å². The zero-order valence-electron chi connectivity index (χ0n) is 11.1. The monoisotopic (exact) mass is 277 g/mol. The maximum Gasteiger partial charge on any atom is 0.123 e. The first-order valence-corrected chi connectivity index (χ1v) is 6.75. The Balaban J connectivity index is 2.48. The second kappa shape index (κ2) is 6.18. The van der Waals surface area contributed by atoms with E-state index in [1.165, 1.54) is 6.07 Å². The van der Waals surface area contributed by atoms with Crippen molar-refractivity contribution in [1.29, 1.82) is 0 Å². The van der Waals surface area contributed by atoms with E-state index in [0.29, 0.717) is 0 Å². The van der Waals surface area contributed by atoms with Gasteiger partial charge in [-0.05, 0) is 48.4 Å². The lowest BCUT2D eigenvalue weighted by Crippen LogP contribution is -2.23. The Hall–Kier alpha value is -1.38. The summed E-state index contributed by atoms with van der Waals surface area (Å²) in [5.74, 6) is -0.212. The van der Waals surface area contributed by atoms with Gasteiger partial charge in [0.15, 0.2) is 0 Å². The summed E-state index contributed by atoms with van der Waals surface area (Å²) in [4.78, 5) is 0. The number of aryl methyl sites for hydroxylation is 1. The topological polar surface area (TPSA) is 12.0 Å². The van der Waals surface area contributed by atoms with Gasteiger partial charge in [-0.1, -0.05) is 42.8 Å². The van der Waals surface area contributed by atoms with Gasteiger partial charge in [0, 0.05) is 5.02 Å². The Morgan fingerprint density at radius 2 is 1.89 bits per heavy atom. The summed E-state index contributed by atoms with van der Waals surface area (Å²) < 4.78 is 13.2. The third-order valence-corrected chi connectivity index (χ3v) is 3.51. The Morgan fingerprint density at radius 3 is 2.53 bits per heavy atom. The zero-order valence-corrected chi connectivity index (χ0v) is 11.8. The maximum atomic E-state index is 13.2. The first-order valence-electron chi connectivity index (χ1n) is 6.37. The summed E-state index contributed by atoms with van der Waals surface area (Å²) in [7, 11) is 0. The van der Waals surface area contributed by atoms with Crippen LogP contribution in [0.1, 0.15) is 29.7 Å². The van der Waals surface area contributed by atoms with E-state index in [2.05, 4.69) is 5.32 Å². The molecule has 0 saturated heterocycles. The van der Waals surface area contributed by atoms with Gasteiger partial charge in [-0.25, -0.2) is 4.39 Å². The molecule has 1 N–H and O–H groups in total. The van der Waals surface area contributed by atoms with Gasteiger partial charge in [-0.15, -0.1) is 0 Å². The molecule has 1 unspecified atom stereocenters. The molecule has 0 aliphatic heterocycles. The second-order valence-corrected chi connectivity index (χ2v) is 4.92. The smallest absolute Gasteiger partial charge is 0.123 e. The number of nitrogens with one attached hydrogen (secondary N) is 1. The van der Waals surface area contributed by atoms with Gasteiger partial charge >= 0.3 is 0 Å². The molecule has 1 atom stereocenters. The molecule has 0 aliphatic carbocycles. The number of halogens is 2. The third kappa shape index (κ3) is 3.14. The molecular weight excluding hydrogens is 261 g/mol. The molecule has 100 valence electrons. The third-order valence-electron chi connectivity index (χ3n) is 3.17. The molecule has 1 nitrogen and oxygen atoms in total. The van der Waals surface area contributed by atoms with Crippen molar-refractivity contribution < 1.29 is 4.39 Å². The highest BCUT2D eigenvalue weighted by Crippen LogP contribution is 2.30. The molecule has 0 radical (unpaired) electrons. The molecule has 3 heteroatoms. The molecular formula is C16H17ClFN. The zero-order chi connectivity index (χ0) is 13.8. The van der Waals surface area contributed by atoms with E-state index in [0.717, 1.165) is 28.3 Å². The van der Waals surface area contributed by atoms with E-state index < -0.39 is 0 Å². The average molecular weight is 278 g/mol. The summed E-state index contributed by atoms with van der Waals surface area (Å²) in [6.07, 6.45) is 0. The first kappa shape index (κ1) is 14.0. The van der Waals surface area contributed by atoms with Crippen LogP contribution in [0, 0.1) is 12.7 Å². The summed E-state index contributed by atoms with van der Waals surface area (Å²) in [5.41, 5.74) is 2.99. The van der Waals surface area contributed by atoms with Crippen molar-refractivity contribution in [3.63, 3.8) is 0 Å². The van der Waals surface area contributed by atoms with Crippen molar-refractivity contribution >= 4 is 11.6 Å². The highest BCUT2D eigenvalue weighted by atomic mass is 35.5. The molecule has 2 rings (SSSR count). The van der Waals surface area contributed by atoms with Crippen LogP contribution in [0.5, 0.6) is 0 Å². The fourth-order valence-electron chi connectivity index (χ4n) is 2.26. The van der Waals surface area contributed by atoms with Gasteiger partial charge in [0.05, 0.1) is 6.04 Å². The standard InChI is InChI=1S/C16H17ClFN/c1-3-19-16(14-6-4-5-7-15(14)17)13-9-8-12(18)10-11(13)2/h4-10,16,19H,3H2,1-2H3. The molecule has 19 heavy (non-hydrogen) atoms. The molecule has 0 fully saturated rings. The molecule has 0 heterocycles. The second-order valence-electron chi connectivity index (χ2n) is 4.51. The van der Waals surface area contributed by atoms with Crippen molar-refractivity contribution in [3.05, 3.63) is 70.0 Å². The Morgan fingerprint density at radius 1 is 1.16 bits per heavy atom. The van der Waals surface area contributed by atoms with Crippen LogP contribution in [0.4, 0.5) is 4.39 Å². The van der Waals surface area contributed by atoms with Crippen LogP contribution in [0.3, 0.4) is 0 Å². The van der Waals surface area contributed by atoms with Crippen LogP contribution in [-0.4, -0.2) is 6.54 Å². The Kier molecular flexibility index (Phi) is 4.56. The van der Waals surface area contributed by atoms with Crippen molar-refractivity contribution in [2.24, 2.45) is 0 Å². The lowest BCUT2D eigenvalue weighted by Gasteiger charge is -2.22. The van der Waals surface area contributed by atoms with Crippen molar-refractivity contribution in [2.75, 3.05) is 6.54 Å².